The maximum Gasteiger partial charge on any atom is 0.163 e. The van der Waals surface area contributed by atoms with Crippen molar-refractivity contribution in [1.29, 1.82) is 0 Å². The fraction of sp³-hybridized carbons (Fsp3) is 0.400. The number of hydrogen-bond donors (Lipinski definition) is 1. The molecule has 0 saturated carbocycles. The van der Waals surface area contributed by atoms with Crippen LogP contribution in [-0.2, 0) is 5.41 Å². The van der Waals surface area contributed by atoms with E-state index in [4.69, 9.17) is 25.8 Å². The third kappa shape index (κ3) is 7.29. The van der Waals surface area contributed by atoms with Gasteiger partial charge in [0.2, 0.25) is 0 Å². The third-order valence-electron chi connectivity index (χ3n) is 8.13. The minimum absolute atomic E-state index is 0.113. The lowest BCUT2D eigenvalue weighted by Gasteiger charge is -2.31. The van der Waals surface area contributed by atoms with Crippen molar-refractivity contribution >= 4 is 33.9 Å². The molecule has 1 aliphatic rings. The van der Waals surface area contributed by atoms with Crippen LogP contribution in [0.4, 0.5) is 11.4 Å². The number of nitrogens with zero attached hydrogens (tertiary/aromatic N) is 2. The summed E-state index contributed by atoms with van der Waals surface area (Å²) in [5.41, 5.74) is 4.05. The molecular formula is C35H42ClN3O3. The lowest BCUT2D eigenvalue weighted by atomic mass is 9.87. The van der Waals surface area contributed by atoms with Gasteiger partial charge < -0.3 is 19.5 Å². The first-order valence-corrected chi connectivity index (χ1v) is 15.3. The molecule has 1 aliphatic heterocycles. The van der Waals surface area contributed by atoms with Gasteiger partial charge in [0.25, 0.3) is 0 Å². The van der Waals surface area contributed by atoms with Gasteiger partial charge in [0, 0.05) is 35.6 Å². The fourth-order valence-corrected chi connectivity index (χ4v) is 5.61. The molecule has 4 aromatic rings. The highest BCUT2D eigenvalue weighted by Crippen LogP contribution is 2.39. The molecule has 0 radical (unpaired) electrons. The van der Waals surface area contributed by atoms with Crippen LogP contribution in [0.15, 0.2) is 66.9 Å². The molecule has 1 fully saturated rings. The molecule has 42 heavy (non-hydrogen) atoms. The van der Waals surface area contributed by atoms with E-state index in [9.17, 15) is 0 Å². The van der Waals surface area contributed by atoms with Gasteiger partial charge in [-0.05, 0) is 85.3 Å². The van der Waals surface area contributed by atoms with Crippen molar-refractivity contribution in [2.45, 2.75) is 52.4 Å². The lowest BCUT2D eigenvalue weighted by molar-refractivity contribution is 0.152. The summed E-state index contributed by atoms with van der Waals surface area (Å²) in [7, 11) is 1.65. The van der Waals surface area contributed by atoms with Crippen LogP contribution < -0.4 is 19.5 Å². The maximum atomic E-state index is 6.67. The molecule has 6 nitrogen and oxygen atoms in total. The minimum atomic E-state index is 0.113. The Bertz CT molecular complexity index is 1490. The fourth-order valence-electron chi connectivity index (χ4n) is 5.39. The predicted octanol–water partition coefficient (Wildman–Crippen LogP) is 9.23. The van der Waals surface area contributed by atoms with Gasteiger partial charge >= 0.3 is 0 Å². The Morgan fingerprint density at radius 2 is 1.64 bits per heavy atom. The Morgan fingerprint density at radius 1 is 0.905 bits per heavy atom. The normalized spacial score (nSPS) is 14.6. The van der Waals surface area contributed by atoms with Gasteiger partial charge in [-0.3, -0.25) is 9.88 Å². The van der Waals surface area contributed by atoms with Crippen molar-refractivity contribution < 1.29 is 14.2 Å². The number of anilines is 2. The molecule has 222 valence electrons. The smallest absolute Gasteiger partial charge is 0.163 e. The van der Waals surface area contributed by atoms with Crippen LogP contribution in [0.1, 0.15) is 52.5 Å². The molecule has 3 aromatic carbocycles. The monoisotopic (exact) mass is 587 g/mol. The van der Waals surface area contributed by atoms with E-state index < -0.39 is 0 Å². The van der Waals surface area contributed by atoms with Crippen molar-refractivity contribution in [3.63, 3.8) is 0 Å². The summed E-state index contributed by atoms with van der Waals surface area (Å²) in [6, 6.07) is 19.8. The van der Waals surface area contributed by atoms with Gasteiger partial charge in [0.1, 0.15) is 18.1 Å². The summed E-state index contributed by atoms with van der Waals surface area (Å²) in [5.74, 6) is 3.40. The Kier molecular flexibility index (Phi) is 9.44. The molecule has 0 unspecified atom stereocenters. The van der Waals surface area contributed by atoms with Crippen molar-refractivity contribution in [3.8, 4) is 23.0 Å². The summed E-state index contributed by atoms with van der Waals surface area (Å²) in [5, 5.41) is 4.75. The van der Waals surface area contributed by atoms with E-state index in [2.05, 4.69) is 67.2 Å². The Hall–Kier alpha value is -3.48. The number of ether oxygens (including phenoxy) is 3. The van der Waals surface area contributed by atoms with Crippen LogP contribution in [0.2, 0.25) is 5.02 Å². The average molecular weight is 588 g/mol. The molecule has 1 saturated heterocycles. The van der Waals surface area contributed by atoms with E-state index in [1.165, 1.54) is 24.8 Å². The zero-order valence-electron chi connectivity index (χ0n) is 25.4. The van der Waals surface area contributed by atoms with Crippen molar-refractivity contribution in [3.05, 3.63) is 77.4 Å². The van der Waals surface area contributed by atoms with Crippen LogP contribution in [-0.4, -0.2) is 43.2 Å². The number of hydrogen-bond acceptors (Lipinski definition) is 6. The van der Waals surface area contributed by atoms with E-state index in [0.717, 1.165) is 47.8 Å². The minimum Gasteiger partial charge on any atom is -0.493 e. The molecular weight excluding hydrogens is 546 g/mol. The first-order chi connectivity index (χ1) is 20.2. The highest BCUT2D eigenvalue weighted by molar-refractivity contribution is 6.32. The number of nitrogens with one attached hydrogen (secondary N) is 1. The number of benzene rings is 3. The van der Waals surface area contributed by atoms with E-state index in [-0.39, 0.29) is 5.41 Å². The van der Waals surface area contributed by atoms with Gasteiger partial charge in [0.05, 0.1) is 17.6 Å². The van der Waals surface area contributed by atoms with Gasteiger partial charge in [0.15, 0.2) is 11.5 Å². The molecule has 0 spiro atoms. The summed E-state index contributed by atoms with van der Waals surface area (Å²) >= 11 is 6.67. The first-order valence-electron chi connectivity index (χ1n) is 14.9. The van der Waals surface area contributed by atoms with E-state index in [0.29, 0.717) is 34.6 Å². The van der Waals surface area contributed by atoms with Gasteiger partial charge in [-0.15, -0.1) is 0 Å². The largest absolute Gasteiger partial charge is 0.493 e. The molecule has 0 aliphatic carbocycles. The number of piperidine rings is 1. The predicted molar refractivity (Wildman–Crippen MR) is 173 cm³/mol. The molecule has 1 aromatic heterocycles. The van der Waals surface area contributed by atoms with Gasteiger partial charge in [-0.2, -0.15) is 0 Å². The zero-order valence-corrected chi connectivity index (χ0v) is 26.1. The van der Waals surface area contributed by atoms with Crippen LogP contribution in [0.25, 0.3) is 10.9 Å². The number of pyridine rings is 1. The van der Waals surface area contributed by atoms with Crippen molar-refractivity contribution in [2.24, 2.45) is 5.92 Å². The second-order valence-electron chi connectivity index (χ2n) is 12.1. The lowest BCUT2D eigenvalue weighted by Crippen LogP contribution is -2.36. The molecule has 0 amide bonds. The van der Waals surface area contributed by atoms with Crippen LogP contribution in [0, 0.1) is 5.92 Å². The summed E-state index contributed by atoms with van der Waals surface area (Å²) in [4.78, 5) is 7.05. The second-order valence-corrected chi connectivity index (χ2v) is 12.5. The quantitative estimate of drug-likeness (QED) is 0.199. The number of methoxy groups -OCH3 is 1. The highest BCUT2D eigenvalue weighted by Gasteiger charge is 2.18. The summed E-state index contributed by atoms with van der Waals surface area (Å²) in [6.07, 6.45) is 5.56. The second kappa shape index (κ2) is 13.2. The molecule has 0 atom stereocenters. The molecule has 1 N–H and O–H groups in total. The molecule has 5 rings (SSSR count). The number of rotatable bonds is 10. The Morgan fingerprint density at radius 3 is 2.31 bits per heavy atom. The van der Waals surface area contributed by atoms with Gasteiger partial charge in [-0.1, -0.05) is 57.8 Å². The standard InChI is InChI=1S/C35H42ClN3O3/c1-6-24-14-17-39(18-15-24)19-20-41-34-23-30-28(22-33(34)40-5)31(13-16-37-30)42-32-12-11-27(21-29(32)36)38-26-9-7-25(8-10-26)35(2,3)4/h7-13,16,21-24,38H,6,14-15,17-20H2,1-5H3. The van der Waals surface area contributed by atoms with E-state index in [1.807, 2.05) is 36.4 Å². The summed E-state index contributed by atoms with van der Waals surface area (Å²) < 4.78 is 18.2. The number of likely N-dealkylation sites (tertiary alicyclic amines) is 1. The Balaban J connectivity index is 1.26. The molecule has 0 bridgehead atoms. The highest BCUT2D eigenvalue weighted by atomic mass is 35.5. The van der Waals surface area contributed by atoms with Crippen molar-refractivity contribution in [2.75, 3.05) is 38.7 Å². The molecule has 2 heterocycles. The number of aromatic nitrogens is 1. The zero-order chi connectivity index (χ0) is 29.7. The van der Waals surface area contributed by atoms with Crippen LogP contribution in [0.3, 0.4) is 0 Å². The number of fused-ring (bicyclic) bond motifs is 1. The van der Waals surface area contributed by atoms with E-state index in [1.54, 1.807) is 13.3 Å². The van der Waals surface area contributed by atoms with Crippen LogP contribution in [0.5, 0.6) is 23.0 Å². The van der Waals surface area contributed by atoms with Gasteiger partial charge in [-0.25, -0.2) is 0 Å². The third-order valence-corrected chi connectivity index (χ3v) is 8.42. The Labute approximate surface area is 255 Å². The van der Waals surface area contributed by atoms with Crippen LogP contribution >= 0.6 is 11.6 Å². The first kappa shape index (κ1) is 30.0. The summed E-state index contributed by atoms with van der Waals surface area (Å²) in [6.45, 7) is 12.7. The topological polar surface area (TPSA) is 55.9 Å². The average Bonchev–Trinajstić information content (AvgIpc) is 2.98. The van der Waals surface area contributed by atoms with Crippen molar-refractivity contribution in [1.82, 2.24) is 9.88 Å². The molecule has 7 heteroatoms. The SMILES string of the molecule is CCC1CCN(CCOc2cc3nccc(Oc4ccc(Nc5ccc(C(C)(C)C)cc5)cc4Cl)c3cc2OC)CC1. The number of halogens is 1. The maximum absolute atomic E-state index is 6.67. The van der Waals surface area contributed by atoms with E-state index >= 15 is 0 Å².